The number of alkyl halides is 3. The van der Waals surface area contributed by atoms with Gasteiger partial charge in [-0.15, -0.1) is 0 Å². The molecule has 5 heteroatoms. The Balaban J connectivity index is 2.10. The molecule has 0 amide bonds. The monoisotopic (exact) mass is 292 g/mol. The van der Waals surface area contributed by atoms with Crippen molar-refractivity contribution < 1.29 is 13.2 Å². The molecule has 21 heavy (non-hydrogen) atoms. The molecule has 1 aliphatic rings. The van der Waals surface area contributed by atoms with Crippen molar-refractivity contribution in [2.24, 2.45) is 0 Å². The van der Waals surface area contributed by atoms with E-state index in [4.69, 9.17) is 0 Å². The van der Waals surface area contributed by atoms with E-state index in [0.29, 0.717) is 11.4 Å². The van der Waals surface area contributed by atoms with Gasteiger partial charge in [0.25, 0.3) is 0 Å². The maximum Gasteiger partial charge on any atom is 0.433 e. The van der Waals surface area contributed by atoms with Crippen molar-refractivity contribution in [3.8, 4) is 5.69 Å². The lowest BCUT2D eigenvalue weighted by molar-refractivity contribution is -0.142. The fraction of sp³-hybridized carbons (Fsp3) is 0.312. The Labute approximate surface area is 120 Å². The van der Waals surface area contributed by atoms with E-state index in [1.165, 1.54) is 0 Å². The Bertz CT molecular complexity index is 654. The van der Waals surface area contributed by atoms with Crippen molar-refractivity contribution in [3.05, 3.63) is 53.9 Å². The van der Waals surface area contributed by atoms with E-state index in [-0.39, 0.29) is 0 Å². The number of benzene rings is 1. The summed E-state index contributed by atoms with van der Waals surface area (Å²) in [6.07, 6.45) is 1.38. The summed E-state index contributed by atoms with van der Waals surface area (Å²) in [5.41, 5.74) is 1.05. The van der Waals surface area contributed by atoms with Crippen molar-refractivity contribution in [1.29, 1.82) is 0 Å². The summed E-state index contributed by atoms with van der Waals surface area (Å²) in [4.78, 5) is 0. The maximum absolute atomic E-state index is 13.2. The molecular weight excluding hydrogens is 277 g/mol. The van der Waals surface area contributed by atoms with Crippen molar-refractivity contribution in [2.45, 2.75) is 31.9 Å². The number of hydrogen-bond acceptors (Lipinski definition) is 1. The first kappa shape index (κ1) is 13.9. The van der Waals surface area contributed by atoms with Crippen LogP contribution in [0.3, 0.4) is 0 Å². The lowest BCUT2D eigenvalue weighted by atomic mass is 9.97. The van der Waals surface area contributed by atoms with E-state index >= 15 is 0 Å². The molecule has 0 bridgehead atoms. The Morgan fingerprint density at radius 2 is 1.81 bits per heavy atom. The van der Waals surface area contributed by atoms with Crippen LogP contribution in [0.1, 0.15) is 37.1 Å². The van der Waals surface area contributed by atoms with E-state index in [0.717, 1.165) is 42.0 Å². The van der Waals surface area contributed by atoms with E-state index < -0.39 is 11.9 Å². The first-order valence-electron chi connectivity index (χ1n) is 6.98. The molecular formula is C16H15F3N2. The van der Waals surface area contributed by atoms with E-state index in [1.807, 2.05) is 6.08 Å². The largest absolute Gasteiger partial charge is 0.433 e. The van der Waals surface area contributed by atoms with Gasteiger partial charge in [0.1, 0.15) is 5.69 Å². The summed E-state index contributed by atoms with van der Waals surface area (Å²) >= 11 is 0. The molecule has 0 fully saturated rings. The average Bonchev–Trinajstić information content (AvgIpc) is 2.94. The minimum atomic E-state index is -4.42. The Morgan fingerprint density at radius 1 is 1.05 bits per heavy atom. The van der Waals surface area contributed by atoms with Gasteiger partial charge in [0, 0.05) is 0 Å². The first-order valence-corrected chi connectivity index (χ1v) is 6.98. The zero-order valence-corrected chi connectivity index (χ0v) is 11.4. The Morgan fingerprint density at radius 3 is 2.43 bits per heavy atom. The van der Waals surface area contributed by atoms with Gasteiger partial charge in [-0.2, -0.15) is 18.3 Å². The normalized spacial score (nSPS) is 15.9. The Kier molecular flexibility index (Phi) is 3.57. The quantitative estimate of drug-likeness (QED) is 0.773. The SMILES string of the molecule is FC(F)(F)c1cc(C2=CCCCC2)nn1-c1ccccc1. The molecule has 110 valence electrons. The fourth-order valence-corrected chi connectivity index (χ4v) is 2.58. The molecule has 2 nitrogen and oxygen atoms in total. The lowest BCUT2D eigenvalue weighted by Gasteiger charge is -2.10. The number of aromatic nitrogens is 2. The van der Waals surface area contributed by atoms with Crippen molar-refractivity contribution in [2.75, 3.05) is 0 Å². The summed E-state index contributed by atoms with van der Waals surface area (Å²) in [5.74, 6) is 0. The van der Waals surface area contributed by atoms with E-state index in [9.17, 15) is 13.2 Å². The number of para-hydroxylation sites is 1. The smallest absolute Gasteiger partial charge is 0.228 e. The van der Waals surface area contributed by atoms with Gasteiger partial charge in [0.2, 0.25) is 0 Å². The van der Waals surface area contributed by atoms with Crippen LogP contribution in [0, 0.1) is 0 Å². The second-order valence-corrected chi connectivity index (χ2v) is 5.14. The third-order valence-electron chi connectivity index (χ3n) is 3.62. The lowest BCUT2D eigenvalue weighted by Crippen LogP contribution is -2.13. The van der Waals surface area contributed by atoms with Gasteiger partial charge in [-0.05, 0) is 49.5 Å². The summed E-state index contributed by atoms with van der Waals surface area (Å²) in [6, 6.07) is 9.59. The van der Waals surface area contributed by atoms with Gasteiger partial charge in [0.15, 0.2) is 0 Å². The number of nitrogens with zero attached hydrogens (tertiary/aromatic N) is 2. The molecule has 0 atom stereocenters. The molecule has 1 heterocycles. The average molecular weight is 292 g/mol. The molecule has 1 aliphatic carbocycles. The molecule has 0 aliphatic heterocycles. The number of rotatable bonds is 2. The second-order valence-electron chi connectivity index (χ2n) is 5.14. The van der Waals surface area contributed by atoms with Gasteiger partial charge >= 0.3 is 6.18 Å². The second kappa shape index (κ2) is 5.39. The van der Waals surface area contributed by atoms with Gasteiger partial charge in [-0.3, -0.25) is 0 Å². The molecule has 0 N–H and O–H groups in total. The van der Waals surface area contributed by atoms with Crippen LogP contribution >= 0.6 is 0 Å². The molecule has 1 aromatic heterocycles. The molecule has 0 spiro atoms. The van der Waals surface area contributed by atoms with Crippen LogP contribution in [-0.4, -0.2) is 9.78 Å². The molecule has 3 rings (SSSR count). The standard InChI is InChI=1S/C16H15F3N2/c17-16(18,19)15-11-14(12-7-3-1-4-8-12)20-21(15)13-9-5-2-6-10-13/h2,5-7,9-11H,1,3-4,8H2. The van der Waals surface area contributed by atoms with Crippen LogP contribution in [-0.2, 0) is 6.18 Å². The zero-order chi connectivity index (χ0) is 14.9. The maximum atomic E-state index is 13.2. The number of allylic oxidation sites excluding steroid dienone is 2. The Hall–Kier alpha value is -2.04. The molecule has 0 unspecified atom stereocenters. The highest BCUT2D eigenvalue weighted by atomic mass is 19.4. The van der Waals surface area contributed by atoms with Crippen LogP contribution in [0.4, 0.5) is 13.2 Å². The van der Waals surface area contributed by atoms with E-state index in [2.05, 4.69) is 5.10 Å². The molecule has 0 saturated heterocycles. The summed E-state index contributed by atoms with van der Waals surface area (Å²) in [6.45, 7) is 0. The minimum absolute atomic E-state index is 0.424. The first-order chi connectivity index (χ1) is 10.1. The highest BCUT2D eigenvalue weighted by Gasteiger charge is 2.36. The van der Waals surface area contributed by atoms with Crippen molar-refractivity contribution in [1.82, 2.24) is 9.78 Å². The molecule has 0 radical (unpaired) electrons. The topological polar surface area (TPSA) is 17.8 Å². The summed E-state index contributed by atoms with van der Waals surface area (Å²) < 4.78 is 40.7. The predicted molar refractivity (Wildman–Crippen MR) is 75.0 cm³/mol. The highest BCUT2D eigenvalue weighted by molar-refractivity contribution is 5.64. The molecule has 2 aromatic rings. The van der Waals surface area contributed by atoms with Crippen LogP contribution < -0.4 is 0 Å². The molecule has 0 saturated carbocycles. The van der Waals surface area contributed by atoms with Gasteiger partial charge in [0.05, 0.1) is 11.4 Å². The van der Waals surface area contributed by atoms with Crippen LogP contribution in [0.15, 0.2) is 42.5 Å². The van der Waals surface area contributed by atoms with Crippen LogP contribution in [0.5, 0.6) is 0 Å². The van der Waals surface area contributed by atoms with Gasteiger partial charge in [-0.1, -0.05) is 24.3 Å². The van der Waals surface area contributed by atoms with Crippen LogP contribution in [0.25, 0.3) is 11.3 Å². The number of hydrogen-bond donors (Lipinski definition) is 0. The predicted octanol–water partition coefficient (Wildman–Crippen LogP) is 4.85. The zero-order valence-electron chi connectivity index (χ0n) is 11.4. The summed E-state index contributed by atoms with van der Waals surface area (Å²) in [7, 11) is 0. The third-order valence-corrected chi connectivity index (χ3v) is 3.62. The minimum Gasteiger partial charge on any atom is -0.228 e. The van der Waals surface area contributed by atoms with Crippen molar-refractivity contribution >= 4 is 5.57 Å². The van der Waals surface area contributed by atoms with Gasteiger partial charge < -0.3 is 0 Å². The van der Waals surface area contributed by atoms with Crippen molar-refractivity contribution in [3.63, 3.8) is 0 Å². The number of halogens is 3. The van der Waals surface area contributed by atoms with Gasteiger partial charge in [-0.25, -0.2) is 4.68 Å². The van der Waals surface area contributed by atoms with Crippen LogP contribution in [0.2, 0.25) is 0 Å². The summed E-state index contributed by atoms with van der Waals surface area (Å²) in [5, 5.41) is 4.20. The fourth-order valence-electron chi connectivity index (χ4n) is 2.58. The highest BCUT2D eigenvalue weighted by Crippen LogP contribution is 2.34. The van der Waals surface area contributed by atoms with E-state index in [1.54, 1.807) is 30.3 Å². The third kappa shape index (κ3) is 2.86. The molecule has 1 aromatic carbocycles.